The number of aromatic hydroxyl groups is 1. The van der Waals surface area contributed by atoms with E-state index in [1.165, 1.54) is 0 Å². The van der Waals surface area contributed by atoms with E-state index in [2.05, 4.69) is 0 Å². The van der Waals surface area contributed by atoms with E-state index in [1.807, 2.05) is 18.2 Å². The first-order chi connectivity index (χ1) is 6.20. The van der Waals surface area contributed by atoms with E-state index in [4.69, 9.17) is 5.11 Å². The van der Waals surface area contributed by atoms with Gasteiger partial charge in [-0.15, -0.1) is 0 Å². The van der Waals surface area contributed by atoms with Gasteiger partial charge in [-0.1, -0.05) is 18.2 Å². The molecule has 0 heterocycles. The summed E-state index contributed by atoms with van der Waals surface area (Å²) in [4.78, 5) is 0. The molecule has 0 saturated carbocycles. The lowest BCUT2D eigenvalue weighted by Crippen LogP contribution is -1.99. The Bertz CT molecular complexity index is 256. The van der Waals surface area contributed by atoms with Crippen LogP contribution in [-0.4, -0.2) is 16.3 Å². The Morgan fingerprint density at radius 3 is 2.62 bits per heavy atom. The third kappa shape index (κ3) is 3.47. The molecule has 1 aromatic rings. The van der Waals surface area contributed by atoms with Crippen LogP contribution in [0.4, 0.5) is 0 Å². The maximum absolute atomic E-state index is 9.41. The second-order valence-corrected chi connectivity index (χ2v) is 3.37. The molecular weight excluding hydrogens is 164 g/mol. The smallest absolute Gasteiger partial charge is 0.118 e. The summed E-state index contributed by atoms with van der Waals surface area (Å²) in [6, 6.07) is 7.33. The van der Waals surface area contributed by atoms with E-state index >= 15 is 0 Å². The van der Waals surface area contributed by atoms with Crippen LogP contribution in [0.5, 0.6) is 5.75 Å². The van der Waals surface area contributed by atoms with E-state index in [-0.39, 0.29) is 6.10 Å². The summed E-state index contributed by atoms with van der Waals surface area (Å²) in [5.74, 6) is 0.355. The van der Waals surface area contributed by atoms with Gasteiger partial charge in [-0.2, -0.15) is 0 Å². The largest absolute Gasteiger partial charge is 0.508 e. The fraction of sp³-hybridized carbons (Fsp3) is 0.455. The van der Waals surface area contributed by atoms with Crippen molar-refractivity contribution in [2.24, 2.45) is 0 Å². The number of benzene rings is 1. The van der Waals surface area contributed by atoms with Gasteiger partial charge in [0.1, 0.15) is 5.75 Å². The first-order valence-electron chi connectivity index (χ1n) is 4.65. The summed E-state index contributed by atoms with van der Waals surface area (Å²) >= 11 is 0. The van der Waals surface area contributed by atoms with Gasteiger partial charge in [-0.05, 0) is 37.8 Å². The standard InChI is InChI=1S/C11H16O2/c1-9(12)5-4-7-10-6-2-3-8-11(10)13/h2-3,6,8-9,12-13H,4-5,7H2,1H3. The molecule has 1 atom stereocenters. The minimum Gasteiger partial charge on any atom is -0.508 e. The molecule has 0 spiro atoms. The van der Waals surface area contributed by atoms with Gasteiger partial charge in [0.25, 0.3) is 0 Å². The van der Waals surface area contributed by atoms with Crippen LogP contribution in [0.3, 0.4) is 0 Å². The van der Waals surface area contributed by atoms with Crippen molar-refractivity contribution in [2.75, 3.05) is 0 Å². The van der Waals surface area contributed by atoms with Gasteiger partial charge < -0.3 is 10.2 Å². The second kappa shape index (κ2) is 4.87. The van der Waals surface area contributed by atoms with Gasteiger partial charge in [-0.3, -0.25) is 0 Å². The van der Waals surface area contributed by atoms with Crippen LogP contribution in [0.25, 0.3) is 0 Å². The van der Waals surface area contributed by atoms with Gasteiger partial charge in [0.15, 0.2) is 0 Å². The number of para-hydroxylation sites is 1. The van der Waals surface area contributed by atoms with Crippen molar-refractivity contribution >= 4 is 0 Å². The zero-order valence-electron chi connectivity index (χ0n) is 7.90. The van der Waals surface area contributed by atoms with Crippen LogP contribution in [0, 0.1) is 0 Å². The van der Waals surface area contributed by atoms with Crippen LogP contribution in [0.2, 0.25) is 0 Å². The summed E-state index contributed by atoms with van der Waals surface area (Å²) in [7, 11) is 0. The number of aliphatic hydroxyl groups excluding tert-OH is 1. The summed E-state index contributed by atoms with van der Waals surface area (Å²) in [5, 5.41) is 18.5. The molecule has 1 unspecified atom stereocenters. The van der Waals surface area contributed by atoms with E-state index < -0.39 is 0 Å². The topological polar surface area (TPSA) is 40.5 Å². The molecule has 2 heteroatoms. The zero-order chi connectivity index (χ0) is 9.68. The first kappa shape index (κ1) is 10.1. The molecule has 0 amide bonds. The Balaban J connectivity index is 2.41. The predicted molar refractivity (Wildman–Crippen MR) is 52.7 cm³/mol. The molecule has 1 aromatic carbocycles. The van der Waals surface area contributed by atoms with E-state index in [9.17, 15) is 5.11 Å². The van der Waals surface area contributed by atoms with Crippen molar-refractivity contribution in [2.45, 2.75) is 32.3 Å². The van der Waals surface area contributed by atoms with Crippen LogP contribution in [0.1, 0.15) is 25.3 Å². The molecule has 0 radical (unpaired) electrons. The Labute approximate surface area is 78.8 Å². The second-order valence-electron chi connectivity index (χ2n) is 3.37. The van der Waals surface area contributed by atoms with Crippen molar-refractivity contribution in [3.05, 3.63) is 29.8 Å². The van der Waals surface area contributed by atoms with E-state index in [1.54, 1.807) is 13.0 Å². The molecule has 1 rings (SSSR count). The van der Waals surface area contributed by atoms with Crippen LogP contribution in [-0.2, 0) is 6.42 Å². The molecular formula is C11H16O2. The quantitative estimate of drug-likeness (QED) is 0.745. The summed E-state index contributed by atoms with van der Waals surface area (Å²) in [5.41, 5.74) is 0.961. The third-order valence-electron chi connectivity index (χ3n) is 2.06. The highest BCUT2D eigenvalue weighted by molar-refractivity contribution is 5.31. The Morgan fingerprint density at radius 2 is 2.00 bits per heavy atom. The maximum Gasteiger partial charge on any atom is 0.118 e. The van der Waals surface area contributed by atoms with Crippen LogP contribution >= 0.6 is 0 Å². The minimum atomic E-state index is -0.245. The lowest BCUT2D eigenvalue weighted by atomic mass is 10.1. The van der Waals surface area contributed by atoms with Crippen LogP contribution < -0.4 is 0 Å². The zero-order valence-corrected chi connectivity index (χ0v) is 7.90. The van der Waals surface area contributed by atoms with Gasteiger partial charge in [0, 0.05) is 0 Å². The lowest BCUT2D eigenvalue weighted by Gasteiger charge is -2.05. The van der Waals surface area contributed by atoms with Gasteiger partial charge in [0.05, 0.1) is 6.10 Å². The predicted octanol–water partition coefficient (Wildman–Crippen LogP) is 2.10. The average molecular weight is 180 g/mol. The molecule has 0 aromatic heterocycles. The fourth-order valence-electron chi connectivity index (χ4n) is 1.31. The van der Waals surface area contributed by atoms with E-state index in [0.29, 0.717) is 5.75 Å². The maximum atomic E-state index is 9.41. The molecule has 72 valence electrons. The highest BCUT2D eigenvalue weighted by Gasteiger charge is 2.00. The van der Waals surface area contributed by atoms with Gasteiger partial charge in [-0.25, -0.2) is 0 Å². The number of aliphatic hydroxyl groups is 1. The van der Waals surface area contributed by atoms with Crippen LogP contribution in [0.15, 0.2) is 24.3 Å². The highest BCUT2D eigenvalue weighted by atomic mass is 16.3. The molecule has 0 aliphatic rings. The van der Waals surface area contributed by atoms with E-state index in [0.717, 1.165) is 24.8 Å². The SMILES string of the molecule is CC(O)CCCc1ccccc1O. The lowest BCUT2D eigenvalue weighted by molar-refractivity contribution is 0.181. The Hall–Kier alpha value is -1.02. The number of aryl methyl sites for hydroxylation is 1. The highest BCUT2D eigenvalue weighted by Crippen LogP contribution is 2.18. The fourth-order valence-corrected chi connectivity index (χ4v) is 1.31. The van der Waals surface area contributed by atoms with Crippen molar-refractivity contribution in [1.29, 1.82) is 0 Å². The monoisotopic (exact) mass is 180 g/mol. The minimum absolute atomic E-state index is 0.245. The molecule has 0 saturated heterocycles. The molecule has 2 nitrogen and oxygen atoms in total. The number of hydrogen-bond acceptors (Lipinski definition) is 2. The normalized spacial score (nSPS) is 12.8. The number of hydrogen-bond donors (Lipinski definition) is 2. The summed E-state index contributed by atoms with van der Waals surface area (Å²) < 4.78 is 0. The number of phenolic OH excluding ortho intramolecular Hbond substituents is 1. The molecule has 2 N–H and O–H groups in total. The van der Waals surface area contributed by atoms with Gasteiger partial charge >= 0.3 is 0 Å². The number of phenols is 1. The molecule has 0 bridgehead atoms. The number of rotatable bonds is 4. The average Bonchev–Trinajstić information content (AvgIpc) is 2.08. The Kier molecular flexibility index (Phi) is 3.77. The summed E-state index contributed by atoms with van der Waals surface area (Å²) in [6.07, 6.45) is 2.28. The van der Waals surface area contributed by atoms with Crippen molar-refractivity contribution in [1.82, 2.24) is 0 Å². The first-order valence-corrected chi connectivity index (χ1v) is 4.65. The molecule has 0 fully saturated rings. The third-order valence-corrected chi connectivity index (χ3v) is 2.06. The van der Waals surface area contributed by atoms with Crippen molar-refractivity contribution in [3.63, 3.8) is 0 Å². The molecule has 0 aliphatic heterocycles. The van der Waals surface area contributed by atoms with Crippen molar-refractivity contribution < 1.29 is 10.2 Å². The van der Waals surface area contributed by atoms with Crippen molar-refractivity contribution in [3.8, 4) is 5.75 Å². The summed E-state index contributed by atoms with van der Waals surface area (Å²) in [6.45, 7) is 1.78. The Morgan fingerprint density at radius 1 is 1.31 bits per heavy atom. The van der Waals surface area contributed by atoms with Gasteiger partial charge in [0.2, 0.25) is 0 Å². The molecule has 13 heavy (non-hydrogen) atoms. The molecule has 0 aliphatic carbocycles.